The molecule has 8 heteroatoms. The van der Waals surface area contributed by atoms with Gasteiger partial charge in [-0.1, -0.05) is 27.7 Å². The minimum absolute atomic E-state index is 0.0989. The molecular weight excluding hydrogens is 452 g/mol. The molecule has 0 spiro atoms. The van der Waals surface area contributed by atoms with Crippen LogP contribution in [-0.4, -0.2) is 82.7 Å². The third kappa shape index (κ3) is 3.55. The Labute approximate surface area is 207 Å². The SMILES string of the molecule is CC(C)CC[C@@H](O)[C@](C)(O)[C@@H]1CC[C@@]2(O)C3=CC(=O)[C@]4(O)C[C@H](O)[C@H](O)C[C@]4(C)[C@@H]3[C@H](O)C[C@]12C. The van der Waals surface area contributed by atoms with Gasteiger partial charge in [0.1, 0.15) is 5.60 Å². The number of rotatable bonds is 5. The topological polar surface area (TPSA) is 159 Å². The third-order valence-corrected chi connectivity index (χ3v) is 10.6. The van der Waals surface area contributed by atoms with Crippen LogP contribution in [0.2, 0.25) is 0 Å². The zero-order chi connectivity index (χ0) is 26.4. The van der Waals surface area contributed by atoms with E-state index in [9.17, 15) is 40.5 Å². The van der Waals surface area contributed by atoms with Gasteiger partial charge in [-0.25, -0.2) is 0 Å². The van der Waals surface area contributed by atoms with E-state index in [1.54, 1.807) is 13.8 Å². The van der Waals surface area contributed by atoms with E-state index in [4.69, 9.17) is 0 Å². The van der Waals surface area contributed by atoms with Crippen molar-refractivity contribution in [2.75, 3.05) is 0 Å². The number of hydrogen-bond acceptors (Lipinski definition) is 8. The second-order valence-corrected chi connectivity index (χ2v) is 13.1. The largest absolute Gasteiger partial charge is 0.392 e. The first-order valence-electron chi connectivity index (χ1n) is 13.1. The van der Waals surface area contributed by atoms with Gasteiger partial charge in [0.05, 0.1) is 35.6 Å². The molecule has 200 valence electrons. The molecule has 4 aliphatic rings. The molecule has 0 aromatic heterocycles. The average Bonchev–Trinajstić information content (AvgIpc) is 3.01. The Bertz CT molecular complexity index is 900. The Morgan fingerprint density at radius 1 is 0.971 bits per heavy atom. The van der Waals surface area contributed by atoms with Crippen LogP contribution in [0.3, 0.4) is 0 Å². The second-order valence-electron chi connectivity index (χ2n) is 13.1. The molecular formula is C27H44O8. The van der Waals surface area contributed by atoms with E-state index in [2.05, 4.69) is 0 Å². The minimum Gasteiger partial charge on any atom is -0.392 e. The Morgan fingerprint density at radius 3 is 2.14 bits per heavy atom. The normalized spacial score (nSPS) is 50.1. The summed E-state index contributed by atoms with van der Waals surface area (Å²) in [5, 5.41) is 78.4. The van der Waals surface area contributed by atoms with E-state index in [0.29, 0.717) is 24.3 Å². The Hall–Kier alpha value is -0.870. The van der Waals surface area contributed by atoms with Crippen molar-refractivity contribution in [1.29, 1.82) is 0 Å². The lowest BCUT2D eigenvalue weighted by Gasteiger charge is -2.64. The van der Waals surface area contributed by atoms with Gasteiger partial charge in [-0.05, 0) is 68.9 Å². The quantitative estimate of drug-likeness (QED) is 0.295. The average molecular weight is 497 g/mol. The van der Waals surface area contributed by atoms with Crippen LogP contribution in [0.1, 0.15) is 79.6 Å². The standard InChI is InChI=1S/C27H44O8/c1-14(2)6-7-20(31)25(5,33)19-8-9-26(34)15-10-21(32)27(35)13-17(29)16(28)11-24(27,4)22(15)18(30)12-23(19,26)3/h10,14,16-20,22,28-31,33-35H,6-9,11-13H2,1-5H3/t16-,17+,18-,19-,20-,22+,23-,24-,25-,26-,27-/m1/s1. The van der Waals surface area contributed by atoms with Gasteiger partial charge < -0.3 is 35.7 Å². The highest BCUT2D eigenvalue weighted by molar-refractivity contribution is 6.00. The number of carbonyl (C=O) groups excluding carboxylic acids is 1. The molecule has 0 aromatic carbocycles. The number of fused-ring (bicyclic) bond motifs is 5. The third-order valence-electron chi connectivity index (χ3n) is 10.6. The summed E-state index contributed by atoms with van der Waals surface area (Å²) >= 11 is 0. The van der Waals surface area contributed by atoms with Crippen LogP contribution in [0.5, 0.6) is 0 Å². The number of aliphatic hydroxyl groups excluding tert-OH is 4. The zero-order valence-electron chi connectivity index (χ0n) is 21.6. The van der Waals surface area contributed by atoms with E-state index in [0.717, 1.165) is 6.42 Å². The Kier molecular flexibility index (Phi) is 6.46. The van der Waals surface area contributed by atoms with Gasteiger partial charge in [-0.3, -0.25) is 4.79 Å². The van der Waals surface area contributed by atoms with Crippen molar-refractivity contribution in [3.8, 4) is 0 Å². The molecule has 0 aromatic rings. The van der Waals surface area contributed by atoms with E-state index in [1.165, 1.54) is 6.08 Å². The predicted octanol–water partition coefficient (Wildman–Crippen LogP) is 0.825. The van der Waals surface area contributed by atoms with Crippen LogP contribution >= 0.6 is 0 Å². The fourth-order valence-corrected chi connectivity index (χ4v) is 8.42. The van der Waals surface area contributed by atoms with Crippen molar-refractivity contribution in [3.63, 3.8) is 0 Å². The number of ketones is 1. The van der Waals surface area contributed by atoms with E-state index >= 15 is 0 Å². The molecule has 0 radical (unpaired) electrons. The molecule has 7 N–H and O–H groups in total. The molecule has 0 aliphatic heterocycles. The van der Waals surface area contributed by atoms with Crippen molar-refractivity contribution >= 4 is 5.78 Å². The lowest BCUT2D eigenvalue weighted by atomic mass is 9.43. The lowest BCUT2D eigenvalue weighted by molar-refractivity contribution is -0.228. The van der Waals surface area contributed by atoms with Gasteiger partial charge in [0.25, 0.3) is 0 Å². The molecule has 4 aliphatic carbocycles. The van der Waals surface area contributed by atoms with E-state index in [-0.39, 0.29) is 25.7 Å². The number of aliphatic hydroxyl groups is 7. The van der Waals surface area contributed by atoms with Gasteiger partial charge >= 0.3 is 0 Å². The van der Waals surface area contributed by atoms with Crippen molar-refractivity contribution in [3.05, 3.63) is 11.6 Å². The van der Waals surface area contributed by atoms with Crippen molar-refractivity contribution in [2.24, 2.45) is 28.6 Å². The number of carbonyl (C=O) groups is 1. The van der Waals surface area contributed by atoms with Crippen LogP contribution < -0.4 is 0 Å². The van der Waals surface area contributed by atoms with E-state index in [1.807, 2.05) is 20.8 Å². The summed E-state index contributed by atoms with van der Waals surface area (Å²) in [6, 6.07) is 0. The highest BCUT2D eigenvalue weighted by atomic mass is 16.3. The molecule has 0 heterocycles. The predicted molar refractivity (Wildman–Crippen MR) is 128 cm³/mol. The zero-order valence-corrected chi connectivity index (χ0v) is 21.6. The monoisotopic (exact) mass is 496 g/mol. The lowest BCUT2D eigenvalue weighted by Crippen LogP contribution is -2.71. The van der Waals surface area contributed by atoms with Gasteiger partial charge in [-0.15, -0.1) is 0 Å². The summed E-state index contributed by atoms with van der Waals surface area (Å²) < 4.78 is 0. The van der Waals surface area contributed by atoms with Crippen LogP contribution in [0, 0.1) is 28.6 Å². The molecule has 3 saturated carbocycles. The fraction of sp³-hybridized carbons (Fsp3) is 0.889. The maximum Gasteiger partial charge on any atom is 0.187 e. The molecule has 35 heavy (non-hydrogen) atoms. The second kappa shape index (κ2) is 8.32. The molecule has 8 nitrogen and oxygen atoms in total. The van der Waals surface area contributed by atoms with Crippen molar-refractivity contribution in [1.82, 2.24) is 0 Å². The maximum atomic E-state index is 13.3. The van der Waals surface area contributed by atoms with Gasteiger partial charge in [0.2, 0.25) is 0 Å². The molecule has 4 rings (SSSR count). The highest BCUT2D eigenvalue weighted by Crippen LogP contribution is 2.69. The van der Waals surface area contributed by atoms with Crippen LogP contribution in [0.15, 0.2) is 11.6 Å². The minimum atomic E-state index is -1.97. The van der Waals surface area contributed by atoms with Crippen molar-refractivity contribution in [2.45, 2.75) is 121 Å². The summed E-state index contributed by atoms with van der Waals surface area (Å²) in [5.41, 5.74) is -7.02. The molecule has 11 atom stereocenters. The van der Waals surface area contributed by atoms with Crippen LogP contribution in [-0.2, 0) is 4.79 Å². The van der Waals surface area contributed by atoms with Crippen LogP contribution in [0.25, 0.3) is 0 Å². The smallest absolute Gasteiger partial charge is 0.187 e. The summed E-state index contributed by atoms with van der Waals surface area (Å²) in [4.78, 5) is 13.3. The van der Waals surface area contributed by atoms with Crippen molar-refractivity contribution < 1.29 is 40.5 Å². The molecule has 3 fully saturated rings. The first-order valence-corrected chi connectivity index (χ1v) is 13.1. The molecule has 0 saturated heterocycles. The molecule has 0 amide bonds. The molecule has 0 bridgehead atoms. The first-order chi connectivity index (χ1) is 16.0. The number of hydrogen-bond donors (Lipinski definition) is 7. The van der Waals surface area contributed by atoms with Gasteiger partial charge in [-0.2, -0.15) is 0 Å². The molecule has 0 unspecified atom stereocenters. The fourth-order valence-electron chi connectivity index (χ4n) is 8.42. The summed E-state index contributed by atoms with van der Waals surface area (Å²) in [5.74, 6) is -1.63. The van der Waals surface area contributed by atoms with Gasteiger partial charge in [0.15, 0.2) is 5.78 Å². The maximum absolute atomic E-state index is 13.3. The van der Waals surface area contributed by atoms with Gasteiger partial charge in [0, 0.05) is 23.2 Å². The van der Waals surface area contributed by atoms with Crippen LogP contribution in [0.4, 0.5) is 0 Å². The summed E-state index contributed by atoms with van der Waals surface area (Å²) in [6.07, 6.45) is -1.83. The van der Waals surface area contributed by atoms with E-state index < -0.39 is 69.7 Å². The summed E-state index contributed by atoms with van der Waals surface area (Å²) in [7, 11) is 0. The Morgan fingerprint density at radius 2 is 1.54 bits per heavy atom. The highest BCUT2D eigenvalue weighted by Gasteiger charge is 2.73. The summed E-state index contributed by atoms with van der Waals surface area (Å²) in [6.45, 7) is 9.14. The Balaban J connectivity index is 1.76. The first kappa shape index (κ1) is 27.2.